The van der Waals surface area contributed by atoms with Gasteiger partial charge in [0.1, 0.15) is 0 Å². The molecule has 0 saturated heterocycles. The van der Waals surface area contributed by atoms with Gasteiger partial charge in [-0.3, -0.25) is 4.79 Å². The zero-order chi connectivity index (χ0) is 12.1. The van der Waals surface area contributed by atoms with Crippen LogP contribution in [0.5, 0.6) is 0 Å². The summed E-state index contributed by atoms with van der Waals surface area (Å²) in [5.74, 6) is -0.0677. The standard InChI is InChI=1S/C13H12N2OS/c14-7-3-6-13(16)15-8-10-9-17-12-5-2-1-4-11(10)12/h1-2,4-5,9H,3,6,8H2,(H,15,16). The maximum absolute atomic E-state index is 11.4. The van der Waals surface area contributed by atoms with Crippen molar-refractivity contribution in [3.05, 3.63) is 35.2 Å². The summed E-state index contributed by atoms with van der Waals surface area (Å²) in [4.78, 5) is 11.4. The minimum atomic E-state index is -0.0677. The number of benzene rings is 1. The van der Waals surface area contributed by atoms with Crippen LogP contribution in [0.4, 0.5) is 0 Å². The van der Waals surface area contributed by atoms with Crippen LogP contribution in [-0.4, -0.2) is 5.91 Å². The van der Waals surface area contributed by atoms with Crippen molar-refractivity contribution >= 4 is 27.3 Å². The van der Waals surface area contributed by atoms with Crippen molar-refractivity contribution in [1.82, 2.24) is 5.32 Å². The fourth-order valence-corrected chi connectivity index (χ4v) is 2.58. The van der Waals surface area contributed by atoms with Gasteiger partial charge in [-0.15, -0.1) is 11.3 Å². The van der Waals surface area contributed by atoms with Crippen molar-refractivity contribution in [2.24, 2.45) is 0 Å². The molecule has 2 aromatic rings. The number of nitriles is 1. The summed E-state index contributed by atoms with van der Waals surface area (Å²) in [7, 11) is 0. The number of fused-ring (bicyclic) bond motifs is 1. The molecule has 1 heterocycles. The van der Waals surface area contributed by atoms with Crippen molar-refractivity contribution in [1.29, 1.82) is 5.26 Å². The molecule has 1 aromatic carbocycles. The van der Waals surface area contributed by atoms with Crippen LogP contribution in [0, 0.1) is 11.3 Å². The van der Waals surface area contributed by atoms with Gasteiger partial charge in [0.15, 0.2) is 0 Å². The summed E-state index contributed by atoms with van der Waals surface area (Å²) in [6.45, 7) is 0.536. The topological polar surface area (TPSA) is 52.9 Å². The second kappa shape index (κ2) is 5.46. The predicted octanol–water partition coefficient (Wildman–Crippen LogP) is 2.82. The summed E-state index contributed by atoms with van der Waals surface area (Å²) in [5, 5.41) is 14.5. The van der Waals surface area contributed by atoms with Gasteiger partial charge in [0.05, 0.1) is 6.07 Å². The van der Waals surface area contributed by atoms with Gasteiger partial charge in [-0.1, -0.05) is 18.2 Å². The fraction of sp³-hybridized carbons (Fsp3) is 0.231. The van der Waals surface area contributed by atoms with Crippen LogP contribution in [0.15, 0.2) is 29.6 Å². The summed E-state index contributed by atoms with van der Waals surface area (Å²) in [6, 6.07) is 10.1. The Balaban J connectivity index is 2.00. The zero-order valence-electron chi connectivity index (χ0n) is 9.27. The summed E-state index contributed by atoms with van der Waals surface area (Å²) < 4.78 is 1.23. The molecule has 17 heavy (non-hydrogen) atoms. The minimum Gasteiger partial charge on any atom is -0.352 e. The van der Waals surface area contributed by atoms with Gasteiger partial charge in [0.2, 0.25) is 5.91 Å². The first kappa shape index (κ1) is 11.6. The van der Waals surface area contributed by atoms with E-state index >= 15 is 0 Å². The zero-order valence-corrected chi connectivity index (χ0v) is 10.1. The van der Waals surface area contributed by atoms with Crippen molar-refractivity contribution in [2.75, 3.05) is 0 Å². The molecule has 1 aromatic heterocycles. The number of hydrogen-bond donors (Lipinski definition) is 1. The van der Waals surface area contributed by atoms with Gasteiger partial charge in [-0.05, 0) is 22.4 Å². The van der Waals surface area contributed by atoms with E-state index in [-0.39, 0.29) is 18.7 Å². The largest absolute Gasteiger partial charge is 0.352 e. The highest BCUT2D eigenvalue weighted by Gasteiger charge is 2.05. The predicted molar refractivity (Wildman–Crippen MR) is 68.5 cm³/mol. The quantitative estimate of drug-likeness (QED) is 0.899. The number of rotatable bonds is 4. The molecule has 0 aliphatic rings. The second-order valence-electron chi connectivity index (χ2n) is 3.69. The molecule has 0 atom stereocenters. The number of nitrogens with zero attached hydrogens (tertiary/aromatic N) is 1. The maximum Gasteiger partial charge on any atom is 0.221 e. The van der Waals surface area contributed by atoms with Gasteiger partial charge in [-0.25, -0.2) is 0 Å². The Morgan fingerprint density at radius 2 is 2.24 bits per heavy atom. The second-order valence-corrected chi connectivity index (χ2v) is 4.60. The number of carbonyl (C=O) groups is 1. The van der Waals surface area contributed by atoms with E-state index in [1.54, 1.807) is 11.3 Å². The number of hydrogen-bond acceptors (Lipinski definition) is 3. The van der Waals surface area contributed by atoms with E-state index in [4.69, 9.17) is 5.26 Å². The lowest BCUT2D eigenvalue weighted by Gasteiger charge is -2.02. The lowest BCUT2D eigenvalue weighted by atomic mass is 10.2. The lowest BCUT2D eigenvalue weighted by Crippen LogP contribution is -2.21. The Kier molecular flexibility index (Phi) is 3.73. The van der Waals surface area contributed by atoms with Crippen molar-refractivity contribution in [3.63, 3.8) is 0 Å². The van der Waals surface area contributed by atoms with E-state index in [9.17, 15) is 4.79 Å². The molecule has 0 saturated carbocycles. The number of thiophene rings is 1. The van der Waals surface area contributed by atoms with Crippen LogP contribution in [0.3, 0.4) is 0 Å². The Labute approximate surface area is 104 Å². The van der Waals surface area contributed by atoms with Crippen molar-refractivity contribution < 1.29 is 4.79 Å². The van der Waals surface area contributed by atoms with E-state index < -0.39 is 0 Å². The van der Waals surface area contributed by atoms with E-state index in [1.807, 2.05) is 18.2 Å². The van der Waals surface area contributed by atoms with Crippen LogP contribution >= 0.6 is 11.3 Å². The third kappa shape index (κ3) is 2.83. The Hall–Kier alpha value is -1.86. The van der Waals surface area contributed by atoms with E-state index in [0.29, 0.717) is 6.54 Å². The molecule has 1 amide bonds. The van der Waals surface area contributed by atoms with E-state index in [1.165, 1.54) is 10.1 Å². The summed E-state index contributed by atoms with van der Waals surface area (Å²) >= 11 is 1.68. The molecule has 0 aliphatic heterocycles. The first-order chi connectivity index (χ1) is 8.31. The van der Waals surface area contributed by atoms with Gasteiger partial charge in [0.25, 0.3) is 0 Å². The Morgan fingerprint density at radius 1 is 1.41 bits per heavy atom. The molecule has 3 nitrogen and oxygen atoms in total. The number of nitrogens with one attached hydrogen (secondary N) is 1. The fourth-order valence-electron chi connectivity index (χ4n) is 1.62. The molecule has 0 bridgehead atoms. The average Bonchev–Trinajstić information content (AvgIpc) is 2.77. The molecule has 2 rings (SSSR count). The van der Waals surface area contributed by atoms with Crippen LogP contribution in [0.25, 0.3) is 10.1 Å². The molecule has 86 valence electrons. The monoisotopic (exact) mass is 244 g/mol. The Morgan fingerprint density at radius 3 is 3.06 bits per heavy atom. The van der Waals surface area contributed by atoms with Crippen LogP contribution < -0.4 is 5.32 Å². The smallest absolute Gasteiger partial charge is 0.221 e. The molecular weight excluding hydrogens is 232 g/mol. The van der Waals surface area contributed by atoms with Crippen LogP contribution in [-0.2, 0) is 11.3 Å². The third-order valence-corrected chi connectivity index (χ3v) is 3.51. The van der Waals surface area contributed by atoms with Crippen molar-refractivity contribution in [3.8, 4) is 6.07 Å². The maximum atomic E-state index is 11.4. The van der Waals surface area contributed by atoms with Gasteiger partial charge >= 0.3 is 0 Å². The van der Waals surface area contributed by atoms with Gasteiger partial charge in [-0.2, -0.15) is 5.26 Å². The lowest BCUT2D eigenvalue weighted by molar-refractivity contribution is -0.121. The molecule has 0 spiro atoms. The molecule has 0 radical (unpaired) electrons. The number of carbonyl (C=O) groups excluding carboxylic acids is 1. The van der Waals surface area contributed by atoms with E-state index in [2.05, 4.69) is 22.8 Å². The first-order valence-electron chi connectivity index (χ1n) is 5.40. The van der Waals surface area contributed by atoms with Crippen LogP contribution in [0.1, 0.15) is 18.4 Å². The first-order valence-corrected chi connectivity index (χ1v) is 6.28. The third-order valence-electron chi connectivity index (χ3n) is 2.50. The normalized spacial score (nSPS) is 10.1. The Bertz CT molecular complexity index is 568. The molecule has 4 heteroatoms. The van der Waals surface area contributed by atoms with E-state index in [0.717, 1.165) is 5.56 Å². The molecule has 1 N–H and O–H groups in total. The van der Waals surface area contributed by atoms with Gasteiger partial charge in [0, 0.05) is 24.1 Å². The highest BCUT2D eigenvalue weighted by Crippen LogP contribution is 2.25. The minimum absolute atomic E-state index is 0.0677. The van der Waals surface area contributed by atoms with Crippen molar-refractivity contribution in [2.45, 2.75) is 19.4 Å². The highest BCUT2D eigenvalue weighted by atomic mass is 32.1. The SMILES string of the molecule is N#CCCC(=O)NCc1csc2ccccc12. The highest BCUT2D eigenvalue weighted by molar-refractivity contribution is 7.17. The van der Waals surface area contributed by atoms with Crippen LogP contribution in [0.2, 0.25) is 0 Å². The molecule has 0 fully saturated rings. The summed E-state index contributed by atoms with van der Waals surface area (Å²) in [6.07, 6.45) is 0.550. The molecular formula is C13H12N2OS. The molecule has 0 aliphatic carbocycles. The molecule has 0 unspecified atom stereocenters. The average molecular weight is 244 g/mol. The number of amides is 1. The summed E-state index contributed by atoms with van der Waals surface area (Å²) in [5.41, 5.74) is 1.14. The van der Waals surface area contributed by atoms with Gasteiger partial charge < -0.3 is 5.32 Å².